The number of halogens is 1. The molecule has 4 heteroatoms. The molecule has 114 valence electrons. The highest BCUT2D eigenvalue weighted by Crippen LogP contribution is 2.14. The number of nitrogens with one attached hydrogen (secondary N) is 1. The van der Waals surface area contributed by atoms with Crippen molar-refractivity contribution in [1.82, 2.24) is 5.32 Å². The number of benzene rings is 2. The minimum absolute atomic E-state index is 0.0687. The normalized spacial score (nSPS) is 10.2. The van der Waals surface area contributed by atoms with E-state index in [0.29, 0.717) is 36.4 Å². The number of carbonyl (C=O) groups is 2. The highest BCUT2D eigenvalue weighted by Gasteiger charge is 2.07. The Labute approximate surface area is 135 Å². The molecule has 0 saturated carbocycles. The molecule has 2 aromatic rings. The SMILES string of the molecule is O=C(CCCC(=O)c1ccccc1)NCc1ccccc1Cl. The smallest absolute Gasteiger partial charge is 0.220 e. The Morgan fingerprint density at radius 1 is 0.909 bits per heavy atom. The van der Waals surface area contributed by atoms with E-state index < -0.39 is 0 Å². The summed E-state index contributed by atoms with van der Waals surface area (Å²) in [6.07, 6.45) is 1.26. The molecule has 0 spiro atoms. The van der Waals surface area contributed by atoms with Gasteiger partial charge in [0.05, 0.1) is 0 Å². The second kappa shape index (κ2) is 8.35. The van der Waals surface area contributed by atoms with Crippen molar-refractivity contribution in [2.45, 2.75) is 25.8 Å². The first-order chi connectivity index (χ1) is 10.7. The summed E-state index contributed by atoms with van der Waals surface area (Å²) >= 11 is 6.03. The Bertz CT molecular complexity index is 641. The first-order valence-corrected chi connectivity index (χ1v) is 7.63. The van der Waals surface area contributed by atoms with Gasteiger partial charge < -0.3 is 5.32 Å². The molecule has 22 heavy (non-hydrogen) atoms. The summed E-state index contributed by atoms with van der Waals surface area (Å²) in [5, 5.41) is 3.46. The van der Waals surface area contributed by atoms with Crippen LogP contribution in [0.3, 0.4) is 0 Å². The Hall–Kier alpha value is -2.13. The van der Waals surface area contributed by atoms with Gasteiger partial charge in [-0.05, 0) is 18.1 Å². The van der Waals surface area contributed by atoms with Crippen LogP contribution in [0.2, 0.25) is 5.02 Å². The molecule has 1 amide bonds. The Morgan fingerprint density at radius 2 is 1.59 bits per heavy atom. The minimum atomic E-state index is -0.0687. The summed E-state index contributed by atoms with van der Waals surface area (Å²) in [5.74, 6) is 0.000264. The van der Waals surface area contributed by atoms with E-state index in [9.17, 15) is 9.59 Å². The zero-order chi connectivity index (χ0) is 15.8. The minimum Gasteiger partial charge on any atom is -0.352 e. The van der Waals surface area contributed by atoms with Crippen molar-refractivity contribution in [3.05, 3.63) is 70.7 Å². The van der Waals surface area contributed by atoms with Gasteiger partial charge in [-0.2, -0.15) is 0 Å². The maximum Gasteiger partial charge on any atom is 0.220 e. The van der Waals surface area contributed by atoms with E-state index in [-0.39, 0.29) is 11.7 Å². The molecule has 0 aromatic heterocycles. The van der Waals surface area contributed by atoms with Crippen LogP contribution in [-0.4, -0.2) is 11.7 Å². The predicted octanol–water partition coefficient (Wildman–Crippen LogP) is 4.01. The van der Waals surface area contributed by atoms with Gasteiger partial charge in [0.1, 0.15) is 0 Å². The van der Waals surface area contributed by atoms with Crippen LogP contribution in [0, 0.1) is 0 Å². The third-order valence-corrected chi connectivity index (χ3v) is 3.71. The van der Waals surface area contributed by atoms with Crippen LogP contribution in [-0.2, 0) is 11.3 Å². The molecule has 0 heterocycles. The Morgan fingerprint density at radius 3 is 2.32 bits per heavy atom. The highest BCUT2D eigenvalue weighted by atomic mass is 35.5. The maximum absolute atomic E-state index is 11.9. The molecule has 3 nitrogen and oxygen atoms in total. The van der Waals surface area contributed by atoms with Gasteiger partial charge in [-0.15, -0.1) is 0 Å². The number of amides is 1. The quantitative estimate of drug-likeness (QED) is 0.785. The van der Waals surface area contributed by atoms with E-state index in [0.717, 1.165) is 5.56 Å². The summed E-state index contributed by atoms with van der Waals surface area (Å²) in [6.45, 7) is 0.408. The molecule has 0 aliphatic heterocycles. The summed E-state index contributed by atoms with van der Waals surface area (Å²) in [6, 6.07) is 16.5. The fourth-order valence-corrected chi connectivity index (χ4v) is 2.30. The first kappa shape index (κ1) is 16.2. The fourth-order valence-electron chi connectivity index (χ4n) is 2.10. The predicted molar refractivity (Wildman–Crippen MR) is 87.9 cm³/mol. The third kappa shape index (κ3) is 5.01. The van der Waals surface area contributed by atoms with Gasteiger partial charge in [0.25, 0.3) is 0 Å². The van der Waals surface area contributed by atoms with Crippen LogP contribution in [0.4, 0.5) is 0 Å². The molecule has 0 aliphatic carbocycles. The van der Waals surface area contributed by atoms with Gasteiger partial charge in [-0.3, -0.25) is 9.59 Å². The van der Waals surface area contributed by atoms with Gasteiger partial charge in [0.2, 0.25) is 5.91 Å². The number of ketones is 1. The maximum atomic E-state index is 11.9. The van der Waals surface area contributed by atoms with E-state index in [2.05, 4.69) is 5.32 Å². The molecule has 0 unspecified atom stereocenters. The van der Waals surface area contributed by atoms with E-state index in [1.54, 1.807) is 18.2 Å². The zero-order valence-corrected chi connectivity index (χ0v) is 13.0. The Balaban J connectivity index is 1.70. The zero-order valence-electron chi connectivity index (χ0n) is 12.2. The van der Waals surface area contributed by atoms with Gasteiger partial charge in [0.15, 0.2) is 5.78 Å². The molecule has 0 fully saturated rings. The summed E-state index contributed by atoms with van der Waals surface area (Å²) in [4.78, 5) is 23.7. The van der Waals surface area contributed by atoms with Crippen molar-refractivity contribution in [3.63, 3.8) is 0 Å². The Kier molecular flexibility index (Phi) is 6.16. The first-order valence-electron chi connectivity index (χ1n) is 7.25. The van der Waals surface area contributed by atoms with Gasteiger partial charge in [-0.25, -0.2) is 0 Å². The topological polar surface area (TPSA) is 46.2 Å². The lowest BCUT2D eigenvalue weighted by Gasteiger charge is -2.06. The largest absolute Gasteiger partial charge is 0.352 e. The number of Topliss-reactive ketones (excluding diaryl/α,β-unsaturated/α-hetero) is 1. The second-order valence-corrected chi connectivity index (χ2v) is 5.42. The standard InChI is InChI=1S/C18H18ClNO2/c19-16-10-5-4-9-15(16)13-20-18(22)12-6-11-17(21)14-7-2-1-3-8-14/h1-5,7-10H,6,11-13H2,(H,20,22). The monoisotopic (exact) mass is 315 g/mol. The fraction of sp³-hybridized carbons (Fsp3) is 0.222. The van der Waals surface area contributed by atoms with Gasteiger partial charge in [-0.1, -0.05) is 60.1 Å². The van der Waals surface area contributed by atoms with Crippen molar-refractivity contribution in [2.75, 3.05) is 0 Å². The molecular formula is C18H18ClNO2. The second-order valence-electron chi connectivity index (χ2n) is 5.01. The number of hydrogen-bond donors (Lipinski definition) is 1. The summed E-state index contributed by atoms with van der Waals surface area (Å²) < 4.78 is 0. The van der Waals surface area contributed by atoms with Crippen molar-refractivity contribution in [2.24, 2.45) is 0 Å². The van der Waals surface area contributed by atoms with Crippen molar-refractivity contribution >= 4 is 23.3 Å². The van der Waals surface area contributed by atoms with Crippen LogP contribution in [0.25, 0.3) is 0 Å². The van der Waals surface area contributed by atoms with Crippen molar-refractivity contribution in [1.29, 1.82) is 0 Å². The summed E-state index contributed by atoms with van der Waals surface area (Å²) in [7, 11) is 0. The van der Waals surface area contributed by atoms with E-state index >= 15 is 0 Å². The van der Waals surface area contributed by atoms with Gasteiger partial charge in [0, 0.05) is 30.0 Å². The van der Waals surface area contributed by atoms with Crippen LogP contribution >= 0.6 is 11.6 Å². The van der Waals surface area contributed by atoms with Crippen LogP contribution in [0.15, 0.2) is 54.6 Å². The molecule has 0 aliphatic rings. The van der Waals surface area contributed by atoms with E-state index in [1.807, 2.05) is 36.4 Å². The average molecular weight is 316 g/mol. The van der Waals surface area contributed by atoms with E-state index in [4.69, 9.17) is 11.6 Å². The highest BCUT2D eigenvalue weighted by molar-refractivity contribution is 6.31. The lowest BCUT2D eigenvalue weighted by atomic mass is 10.1. The molecule has 0 radical (unpaired) electrons. The van der Waals surface area contributed by atoms with E-state index in [1.165, 1.54) is 0 Å². The van der Waals surface area contributed by atoms with Gasteiger partial charge >= 0.3 is 0 Å². The number of rotatable bonds is 7. The molecule has 2 rings (SSSR count). The molecule has 1 N–H and O–H groups in total. The van der Waals surface area contributed by atoms with Crippen LogP contribution < -0.4 is 5.32 Å². The molecule has 0 bridgehead atoms. The summed E-state index contributed by atoms with van der Waals surface area (Å²) in [5.41, 5.74) is 1.58. The van der Waals surface area contributed by atoms with Crippen molar-refractivity contribution in [3.8, 4) is 0 Å². The average Bonchev–Trinajstić information content (AvgIpc) is 2.55. The molecule has 0 saturated heterocycles. The molecule has 0 atom stereocenters. The lowest BCUT2D eigenvalue weighted by Crippen LogP contribution is -2.22. The number of carbonyl (C=O) groups excluding carboxylic acids is 2. The number of hydrogen-bond acceptors (Lipinski definition) is 2. The van der Waals surface area contributed by atoms with Crippen LogP contribution in [0.1, 0.15) is 35.2 Å². The van der Waals surface area contributed by atoms with Crippen molar-refractivity contribution < 1.29 is 9.59 Å². The molecule has 2 aromatic carbocycles. The molecular weight excluding hydrogens is 298 g/mol. The lowest BCUT2D eigenvalue weighted by molar-refractivity contribution is -0.121. The third-order valence-electron chi connectivity index (χ3n) is 3.34. The van der Waals surface area contributed by atoms with Crippen LogP contribution in [0.5, 0.6) is 0 Å².